The molecule has 6 N–H and O–H groups in total. The molecular weight excluding hydrogens is 316 g/mol. The second kappa shape index (κ2) is 9.34. The van der Waals surface area contributed by atoms with Crippen LogP contribution in [0.4, 0.5) is 11.4 Å². The van der Waals surface area contributed by atoms with Crippen LogP contribution in [0.1, 0.15) is 26.2 Å². The maximum atomic E-state index is 11.0. The number of piperidine rings is 1. The van der Waals surface area contributed by atoms with E-state index in [1.54, 1.807) is 12.1 Å². The molecule has 2 rings (SSSR count). The van der Waals surface area contributed by atoms with E-state index in [1.807, 2.05) is 12.1 Å². The van der Waals surface area contributed by atoms with Crippen molar-refractivity contribution in [1.82, 2.24) is 4.90 Å². The highest BCUT2D eigenvalue weighted by Gasteiger charge is 2.16. The first-order valence-corrected chi connectivity index (χ1v) is 7.52. The number of amides is 1. The number of nitrogens with two attached hydrogens (primary N) is 2. The molecule has 1 aromatic carbocycles. The number of guanidine groups is 1. The maximum absolute atomic E-state index is 11.0. The van der Waals surface area contributed by atoms with Crippen LogP contribution in [0.15, 0.2) is 29.3 Å². The Labute approximate surface area is 142 Å². The number of halogens is 1. The highest BCUT2D eigenvalue weighted by atomic mass is 35.5. The Balaban J connectivity index is 0.00000264. The number of carbonyl (C=O) groups is 1. The number of hydrogen-bond donors (Lipinski definition) is 4. The molecule has 0 bridgehead atoms. The molecule has 1 saturated heterocycles. The molecule has 1 aromatic rings. The summed E-state index contributed by atoms with van der Waals surface area (Å²) in [4.78, 5) is 17.4. The topological polar surface area (TPSA) is 109 Å². The molecule has 1 heterocycles. The van der Waals surface area contributed by atoms with Gasteiger partial charge in [0.25, 0.3) is 0 Å². The minimum Gasteiger partial charge on any atom is -0.370 e. The van der Waals surface area contributed by atoms with E-state index in [0.29, 0.717) is 0 Å². The third-order valence-corrected chi connectivity index (χ3v) is 3.51. The molecule has 1 fully saturated rings. The van der Waals surface area contributed by atoms with Gasteiger partial charge in [-0.25, -0.2) is 4.99 Å². The van der Waals surface area contributed by atoms with Crippen molar-refractivity contribution < 1.29 is 4.79 Å². The Hall–Kier alpha value is -1.83. The number of rotatable bonds is 4. The summed E-state index contributed by atoms with van der Waals surface area (Å²) in [6, 6.07) is 7.23. The fourth-order valence-electron chi connectivity index (χ4n) is 2.43. The van der Waals surface area contributed by atoms with E-state index in [2.05, 4.69) is 20.5 Å². The van der Waals surface area contributed by atoms with Gasteiger partial charge in [0.05, 0.1) is 0 Å². The Morgan fingerprint density at radius 2 is 1.65 bits per heavy atom. The highest BCUT2D eigenvalue weighted by molar-refractivity contribution is 5.93. The van der Waals surface area contributed by atoms with E-state index < -0.39 is 6.29 Å². The van der Waals surface area contributed by atoms with Crippen molar-refractivity contribution >= 4 is 35.6 Å². The van der Waals surface area contributed by atoms with Crippen molar-refractivity contribution in [2.45, 2.75) is 32.5 Å². The van der Waals surface area contributed by atoms with Crippen LogP contribution < -0.4 is 22.1 Å². The molecule has 1 atom stereocenters. The van der Waals surface area contributed by atoms with Gasteiger partial charge in [-0.2, -0.15) is 0 Å². The Morgan fingerprint density at radius 3 is 2.17 bits per heavy atom. The van der Waals surface area contributed by atoms with Gasteiger partial charge < -0.3 is 16.4 Å². The van der Waals surface area contributed by atoms with Gasteiger partial charge in [0.15, 0.2) is 12.2 Å². The first-order valence-electron chi connectivity index (χ1n) is 7.52. The fourth-order valence-corrected chi connectivity index (χ4v) is 2.43. The van der Waals surface area contributed by atoms with Gasteiger partial charge in [-0.05, 0) is 37.1 Å². The van der Waals surface area contributed by atoms with E-state index in [9.17, 15) is 4.79 Å². The van der Waals surface area contributed by atoms with Gasteiger partial charge in [0, 0.05) is 31.4 Å². The average molecular weight is 341 g/mol. The number of anilines is 2. The van der Waals surface area contributed by atoms with Crippen molar-refractivity contribution in [2.24, 2.45) is 16.5 Å². The fraction of sp³-hybridized carbons (Fsp3) is 0.467. The predicted octanol–water partition coefficient (Wildman–Crippen LogP) is 1.52. The molecule has 1 unspecified atom stereocenters. The van der Waals surface area contributed by atoms with Crippen LogP contribution in [0.5, 0.6) is 0 Å². The summed E-state index contributed by atoms with van der Waals surface area (Å²) in [5.41, 5.74) is 13.5. The lowest BCUT2D eigenvalue weighted by Gasteiger charge is -2.29. The third kappa shape index (κ3) is 6.43. The molecule has 128 valence electrons. The van der Waals surface area contributed by atoms with Crippen LogP contribution in [0.25, 0.3) is 0 Å². The Kier molecular flexibility index (Phi) is 7.80. The molecule has 0 radical (unpaired) electrons. The van der Waals surface area contributed by atoms with Crippen LogP contribution in [0, 0.1) is 0 Å². The van der Waals surface area contributed by atoms with Crippen LogP contribution in [0.2, 0.25) is 0 Å². The highest BCUT2D eigenvalue weighted by Crippen LogP contribution is 2.14. The molecule has 8 heteroatoms. The van der Waals surface area contributed by atoms with Crippen LogP contribution >= 0.6 is 12.4 Å². The number of carbonyl (C=O) groups excluding carboxylic acids is 1. The second-order valence-corrected chi connectivity index (χ2v) is 5.41. The van der Waals surface area contributed by atoms with Crippen molar-refractivity contribution in [2.75, 3.05) is 23.7 Å². The smallest absolute Gasteiger partial charge is 0.221 e. The largest absolute Gasteiger partial charge is 0.370 e. The molecule has 0 aromatic heterocycles. The minimum atomic E-state index is -0.411. The molecule has 7 nitrogen and oxygen atoms in total. The van der Waals surface area contributed by atoms with Crippen molar-refractivity contribution in [3.8, 4) is 0 Å². The summed E-state index contributed by atoms with van der Waals surface area (Å²) in [5, 5.41) is 5.71. The molecule has 0 saturated carbocycles. The zero-order valence-electron chi connectivity index (χ0n) is 13.3. The van der Waals surface area contributed by atoms with Crippen molar-refractivity contribution in [3.63, 3.8) is 0 Å². The van der Waals surface area contributed by atoms with Crippen LogP contribution in [0.3, 0.4) is 0 Å². The Bertz CT molecular complexity index is 527. The maximum Gasteiger partial charge on any atom is 0.221 e. The van der Waals surface area contributed by atoms with E-state index in [0.717, 1.165) is 37.3 Å². The molecule has 0 aliphatic carbocycles. The van der Waals surface area contributed by atoms with Gasteiger partial charge in [0.1, 0.15) is 0 Å². The Morgan fingerprint density at radius 1 is 1.13 bits per heavy atom. The minimum absolute atomic E-state index is 0. The number of benzene rings is 1. The van der Waals surface area contributed by atoms with Gasteiger partial charge in [0.2, 0.25) is 5.91 Å². The molecule has 0 spiro atoms. The summed E-state index contributed by atoms with van der Waals surface area (Å²) < 4.78 is 0. The van der Waals surface area contributed by atoms with E-state index in [4.69, 9.17) is 11.5 Å². The van der Waals surface area contributed by atoms with E-state index in [1.165, 1.54) is 13.3 Å². The van der Waals surface area contributed by atoms with Crippen LogP contribution in [-0.4, -0.2) is 36.1 Å². The summed E-state index contributed by atoms with van der Waals surface area (Å²) in [6.45, 7) is 3.39. The lowest BCUT2D eigenvalue weighted by Crippen LogP contribution is -2.45. The lowest BCUT2D eigenvalue weighted by molar-refractivity contribution is -0.114. The zero-order chi connectivity index (χ0) is 15.9. The van der Waals surface area contributed by atoms with Crippen molar-refractivity contribution in [3.05, 3.63) is 24.3 Å². The molecule has 1 amide bonds. The van der Waals surface area contributed by atoms with E-state index in [-0.39, 0.29) is 24.3 Å². The van der Waals surface area contributed by atoms with Gasteiger partial charge in [-0.1, -0.05) is 6.42 Å². The number of hydrogen-bond acceptors (Lipinski definition) is 4. The zero-order valence-corrected chi connectivity index (χ0v) is 14.1. The third-order valence-electron chi connectivity index (χ3n) is 3.51. The normalized spacial score (nSPS) is 17.0. The standard InChI is InChI=1S/C15H24N6O.ClH/c1-11(22)18-12-5-7-13(8-6-12)19-14(16)20-15(17)21-9-3-2-4-10-21;/h5-8,15H,2-4,9-10,17H2,1H3,(H,18,22)(H3,16,19,20);1H. The lowest BCUT2D eigenvalue weighted by atomic mass is 10.1. The number of aliphatic imine (C=N–C) groups is 1. The summed E-state index contributed by atoms with van der Waals surface area (Å²) >= 11 is 0. The predicted molar refractivity (Wildman–Crippen MR) is 96.6 cm³/mol. The summed E-state index contributed by atoms with van der Waals surface area (Å²) in [6.07, 6.45) is 3.15. The van der Waals surface area contributed by atoms with Crippen LogP contribution in [-0.2, 0) is 4.79 Å². The van der Waals surface area contributed by atoms with Gasteiger partial charge in [-0.15, -0.1) is 12.4 Å². The second-order valence-electron chi connectivity index (χ2n) is 5.41. The molecule has 23 heavy (non-hydrogen) atoms. The number of nitrogens with one attached hydrogen (secondary N) is 2. The number of nitrogens with zero attached hydrogens (tertiary/aromatic N) is 2. The SMILES string of the molecule is CC(=O)Nc1ccc(N/C(N)=N/C(N)N2CCCCC2)cc1.Cl. The summed E-state index contributed by atoms with van der Waals surface area (Å²) in [5.74, 6) is 0.180. The molecular formula is C15H25ClN6O. The average Bonchev–Trinajstić information content (AvgIpc) is 2.49. The summed E-state index contributed by atoms with van der Waals surface area (Å²) in [7, 11) is 0. The monoisotopic (exact) mass is 340 g/mol. The van der Waals surface area contributed by atoms with Crippen molar-refractivity contribution in [1.29, 1.82) is 0 Å². The number of likely N-dealkylation sites (tertiary alicyclic amines) is 1. The van der Waals surface area contributed by atoms with Gasteiger partial charge in [-0.3, -0.25) is 15.4 Å². The quantitative estimate of drug-likeness (QED) is 0.491. The molecule has 1 aliphatic rings. The first-order chi connectivity index (χ1) is 10.5. The van der Waals surface area contributed by atoms with Gasteiger partial charge >= 0.3 is 0 Å². The van der Waals surface area contributed by atoms with E-state index >= 15 is 0 Å². The first kappa shape index (κ1) is 19.2. The molecule has 1 aliphatic heterocycles.